The van der Waals surface area contributed by atoms with E-state index in [2.05, 4.69) is 20.1 Å². The lowest BCUT2D eigenvalue weighted by molar-refractivity contribution is -0.274. The Hall–Kier alpha value is -3.87. The van der Waals surface area contributed by atoms with Gasteiger partial charge in [-0.1, -0.05) is 18.2 Å². The number of hydrogen-bond acceptors (Lipinski definition) is 6. The number of alkyl halides is 3. The van der Waals surface area contributed by atoms with Gasteiger partial charge in [0, 0.05) is 30.3 Å². The number of hydrogen-bond donors (Lipinski definition) is 2. The Balaban J connectivity index is 1.37. The minimum Gasteiger partial charge on any atom is -0.402 e. The summed E-state index contributed by atoms with van der Waals surface area (Å²) in [5, 5.41) is 7.45. The first-order valence-corrected chi connectivity index (χ1v) is 11.9. The summed E-state index contributed by atoms with van der Waals surface area (Å²) in [5.74, 6) is -1.43. The number of likely N-dealkylation sites (tertiary alicyclic amines) is 1. The number of nitrogens with two attached hydrogens (primary N) is 1. The zero-order valence-corrected chi connectivity index (χ0v) is 20.7. The maximum Gasteiger partial charge on any atom is 0.573 e. The molecule has 202 valence electrons. The van der Waals surface area contributed by atoms with E-state index in [1.165, 1.54) is 12.3 Å². The molecule has 0 bridgehead atoms. The van der Waals surface area contributed by atoms with Crippen molar-refractivity contribution in [3.05, 3.63) is 59.7 Å². The summed E-state index contributed by atoms with van der Waals surface area (Å²) < 4.78 is 64.5. The third-order valence-corrected chi connectivity index (χ3v) is 6.82. The molecule has 1 unspecified atom stereocenters. The molecule has 1 atom stereocenters. The number of amides is 2. The van der Waals surface area contributed by atoms with Crippen molar-refractivity contribution in [3.63, 3.8) is 0 Å². The van der Waals surface area contributed by atoms with Gasteiger partial charge in [-0.05, 0) is 32.0 Å². The van der Waals surface area contributed by atoms with Crippen molar-refractivity contribution in [3.8, 4) is 17.0 Å². The van der Waals surface area contributed by atoms with E-state index in [-0.39, 0.29) is 18.1 Å². The van der Waals surface area contributed by atoms with Crippen LogP contribution in [0.1, 0.15) is 31.5 Å². The number of aromatic nitrogens is 3. The summed E-state index contributed by atoms with van der Waals surface area (Å²) in [6.45, 7) is 4.83. The van der Waals surface area contributed by atoms with Gasteiger partial charge in [0.05, 0.1) is 36.6 Å². The Morgan fingerprint density at radius 2 is 1.97 bits per heavy atom. The molecule has 0 aliphatic carbocycles. The lowest BCUT2D eigenvalue weighted by Crippen LogP contribution is -2.49. The summed E-state index contributed by atoms with van der Waals surface area (Å²) in [4.78, 5) is 18.6. The van der Waals surface area contributed by atoms with E-state index < -0.39 is 34.9 Å². The van der Waals surface area contributed by atoms with Gasteiger partial charge in [0.2, 0.25) is 0 Å². The molecule has 2 aliphatic heterocycles. The van der Waals surface area contributed by atoms with E-state index in [0.717, 1.165) is 6.07 Å². The molecular weight excluding hydrogens is 508 g/mol. The molecule has 3 N–H and O–H groups in total. The van der Waals surface area contributed by atoms with E-state index >= 15 is 0 Å². The van der Waals surface area contributed by atoms with E-state index in [4.69, 9.17) is 10.5 Å². The number of nitrogens with one attached hydrogen (secondary N) is 1. The van der Waals surface area contributed by atoms with Crippen LogP contribution in [0.3, 0.4) is 0 Å². The molecule has 5 rings (SSSR count). The lowest BCUT2D eigenvalue weighted by Gasteiger charge is -2.35. The van der Waals surface area contributed by atoms with Gasteiger partial charge in [0.25, 0.3) is 0 Å². The average Bonchev–Trinajstić information content (AvgIpc) is 3.46. The van der Waals surface area contributed by atoms with Crippen molar-refractivity contribution < 1.29 is 31.8 Å². The molecule has 2 aliphatic rings. The van der Waals surface area contributed by atoms with E-state index in [1.807, 2.05) is 0 Å². The molecule has 13 heteroatoms. The number of rotatable bonds is 4. The van der Waals surface area contributed by atoms with Crippen LogP contribution in [-0.2, 0) is 22.4 Å². The highest BCUT2D eigenvalue weighted by molar-refractivity contribution is 5.76. The maximum absolute atomic E-state index is 14.4. The second-order valence-corrected chi connectivity index (χ2v) is 9.84. The SMILES string of the molecule is CC(C)(NC(=O)N1CCC2(C1)OCCn1nc(-c3cnc(N)c(OC(F)(F)F)c3)cc12)c1ccccc1F. The van der Waals surface area contributed by atoms with Crippen molar-refractivity contribution in [2.75, 3.05) is 25.4 Å². The number of benzene rings is 1. The average molecular weight is 535 g/mol. The van der Waals surface area contributed by atoms with E-state index in [9.17, 15) is 22.4 Å². The van der Waals surface area contributed by atoms with Crippen LogP contribution in [0.15, 0.2) is 42.6 Å². The molecule has 0 radical (unpaired) electrons. The molecule has 4 heterocycles. The third kappa shape index (κ3) is 4.85. The Kier molecular flexibility index (Phi) is 6.21. The number of urea groups is 1. The highest BCUT2D eigenvalue weighted by Gasteiger charge is 2.47. The first-order valence-electron chi connectivity index (χ1n) is 11.9. The standard InChI is InChI=1S/C25H26F4N6O3/c1-23(2,16-5-3-4-6-17(16)26)32-22(36)34-8-7-24(14-34)20-12-18(33-35(20)9-10-37-24)15-11-19(21(30)31-13-15)38-25(27,28)29/h3-6,11-13H,7-10,14H2,1-2H3,(H2,30,31)(H,32,36). The number of anilines is 1. The van der Waals surface area contributed by atoms with Crippen molar-refractivity contribution >= 4 is 11.8 Å². The number of carbonyl (C=O) groups excluding carboxylic acids is 1. The summed E-state index contributed by atoms with van der Waals surface area (Å²) in [7, 11) is 0. The fourth-order valence-electron chi connectivity index (χ4n) is 4.96. The quantitative estimate of drug-likeness (QED) is 0.488. The van der Waals surface area contributed by atoms with Crippen LogP contribution in [0.2, 0.25) is 0 Å². The zero-order valence-electron chi connectivity index (χ0n) is 20.7. The molecule has 1 aromatic carbocycles. The Morgan fingerprint density at radius 3 is 2.71 bits per heavy atom. The van der Waals surface area contributed by atoms with Crippen LogP contribution in [-0.4, -0.2) is 51.8 Å². The summed E-state index contributed by atoms with van der Waals surface area (Å²) >= 11 is 0. The highest BCUT2D eigenvalue weighted by atomic mass is 19.4. The monoisotopic (exact) mass is 534 g/mol. The number of fused-ring (bicyclic) bond motifs is 2. The smallest absolute Gasteiger partial charge is 0.402 e. The minimum absolute atomic E-state index is 0.222. The number of nitrogen functional groups attached to an aromatic ring is 1. The molecular formula is C25H26F4N6O3. The van der Waals surface area contributed by atoms with Gasteiger partial charge >= 0.3 is 12.4 Å². The molecule has 0 saturated carbocycles. The predicted octanol–water partition coefficient (Wildman–Crippen LogP) is 4.14. The predicted molar refractivity (Wildman–Crippen MR) is 128 cm³/mol. The molecule has 9 nitrogen and oxygen atoms in total. The van der Waals surface area contributed by atoms with Gasteiger partial charge in [-0.2, -0.15) is 5.10 Å². The van der Waals surface area contributed by atoms with Crippen molar-refractivity contribution in [1.29, 1.82) is 0 Å². The lowest BCUT2D eigenvalue weighted by atomic mass is 9.94. The highest BCUT2D eigenvalue weighted by Crippen LogP contribution is 2.41. The van der Waals surface area contributed by atoms with Crippen molar-refractivity contribution in [2.24, 2.45) is 0 Å². The molecule has 1 spiro atoms. The van der Waals surface area contributed by atoms with Crippen molar-refractivity contribution in [1.82, 2.24) is 25.0 Å². The molecule has 38 heavy (non-hydrogen) atoms. The topological polar surface area (TPSA) is 108 Å². The number of ether oxygens (including phenoxy) is 2. The second-order valence-electron chi connectivity index (χ2n) is 9.84. The van der Waals surface area contributed by atoms with E-state index in [1.54, 1.807) is 47.7 Å². The fraction of sp³-hybridized carbons (Fsp3) is 0.400. The van der Waals surface area contributed by atoms with Crippen LogP contribution < -0.4 is 15.8 Å². The number of nitrogens with zero attached hydrogens (tertiary/aromatic N) is 4. The minimum atomic E-state index is -4.92. The van der Waals surface area contributed by atoms with E-state index in [0.29, 0.717) is 43.1 Å². The molecule has 3 aromatic rings. The molecule has 1 fully saturated rings. The van der Waals surface area contributed by atoms with Gasteiger partial charge < -0.3 is 25.4 Å². The maximum atomic E-state index is 14.4. The van der Waals surface area contributed by atoms with Gasteiger partial charge in [-0.15, -0.1) is 13.2 Å². The van der Waals surface area contributed by atoms with Crippen LogP contribution in [0.4, 0.5) is 28.2 Å². The Bertz CT molecular complexity index is 1380. The van der Waals surface area contributed by atoms with Gasteiger partial charge in [-0.25, -0.2) is 14.2 Å². The zero-order chi connectivity index (χ0) is 27.3. The fourth-order valence-corrected chi connectivity index (χ4v) is 4.96. The molecule has 2 amide bonds. The molecule has 1 saturated heterocycles. The second kappa shape index (κ2) is 9.15. The third-order valence-electron chi connectivity index (χ3n) is 6.82. The van der Waals surface area contributed by atoms with Crippen LogP contribution >= 0.6 is 0 Å². The summed E-state index contributed by atoms with van der Waals surface area (Å²) in [5.41, 5.74) is 5.46. The molecule has 2 aromatic heterocycles. The number of halogens is 4. The summed E-state index contributed by atoms with van der Waals surface area (Å²) in [6.07, 6.45) is -3.12. The van der Waals surface area contributed by atoms with Crippen molar-refractivity contribution in [2.45, 2.75) is 44.3 Å². The first-order chi connectivity index (χ1) is 17.9. The first kappa shape index (κ1) is 25.8. The number of pyridine rings is 1. The normalized spacial score (nSPS) is 19.5. The largest absolute Gasteiger partial charge is 0.573 e. The van der Waals surface area contributed by atoms with Gasteiger partial charge in [-0.3, -0.25) is 4.68 Å². The van der Waals surface area contributed by atoms with Crippen LogP contribution in [0.5, 0.6) is 5.75 Å². The van der Waals surface area contributed by atoms with Crippen LogP contribution in [0.25, 0.3) is 11.3 Å². The van der Waals surface area contributed by atoms with Crippen LogP contribution in [0, 0.1) is 5.82 Å². The number of carbonyl (C=O) groups is 1. The Morgan fingerprint density at radius 1 is 1.21 bits per heavy atom. The van der Waals surface area contributed by atoms with Gasteiger partial charge in [0.15, 0.2) is 11.6 Å². The Labute approximate surface area is 215 Å². The van der Waals surface area contributed by atoms with Gasteiger partial charge in [0.1, 0.15) is 11.4 Å². The summed E-state index contributed by atoms with van der Waals surface area (Å²) in [6, 6.07) is 8.75.